The Hall–Kier alpha value is -1.96. The van der Waals surface area contributed by atoms with E-state index >= 15 is 0 Å². The summed E-state index contributed by atoms with van der Waals surface area (Å²) >= 11 is 12.7. The first-order valence-electron chi connectivity index (χ1n) is 9.26. The number of sulfonamides is 1. The van der Waals surface area contributed by atoms with Crippen LogP contribution >= 0.6 is 34.5 Å². The van der Waals surface area contributed by atoms with Crippen LogP contribution in [0.25, 0.3) is 0 Å². The van der Waals surface area contributed by atoms with Gasteiger partial charge in [-0.2, -0.15) is 4.31 Å². The molecule has 3 heterocycles. The minimum absolute atomic E-state index is 0.00539. The average molecular weight is 523 g/mol. The van der Waals surface area contributed by atoms with Gasteiger partial charge in [0.2, 0.25) is 0 Å². The number of thiophene rings is 1. The number of nitrogens with zero attached hydrogens (tertiary/aromatic N) is 4. The number of hydrogen-bond acceptors (Lipinski definition) is 10. The summed E-state index contributed by atoms with van der Waals surface area (Å²) in [6.45, 7) is 7.94. The lowest BCUT2D eigenvalue weighted by molar-refractivity contribution is -0.0267. The Kier molecular flexibility index (Phi) is 8.68. The van der Waals surface area contributed by atoms with E-state index in [4.69, 9.17) is 42.1 Å². The van der Waals surface area contributed by atoms with Gasteiger partial charge in [-0.1, -0.05) is 48.5 Å². The molecule has 3 rings (SSSR count). The summed E-state index contributed by atoms with van der Waals surface area (Å²) in [5.74, 6) is 0. The second-order valence-electron chi connectivity index (χ2n) is 6.24. The highest BCUT2D eigenvalue weighted by molar-refractivity contribution is 7.91. The molecule has 0 saturated carbocycles. The van der Waals surface area contributed by atoms with Crippen molar-refractivity contribution < 1.29 is 27.4 Å². The molecule has 0 radical (unpaired) electrons. The van der Waals surface area contributed by atoms with Gasteiger partial charge in [-0.05, 0) is 6.07 Å². The van der Waals surface area contributed by atoms with Crippen molar-refractivity contribution >= 4 is 44.6 Å². The molecule has 0 aliphatic carbocycles. The highest BCUT2D eigenvalue weighted by Crippen LogP contribution is 2.36. The molecule has 1 atom stereocenters. The molecule has 1 unspecified atom stereocenters. The third-order valence-electron chi connectivity index (χ3n) is 3.95. The molecule has 0 aromatic carbocycles. The van der Waals surface area contributed by atoms with Crippen molar-refractivity contribution in [2.75, 3.05) is 39.5 Å². The molecule has 0 amide bonds. The van der Waals surface area contributed by atoms with E-state index in [0.29, 0.717) is 0 Å². The molecule has 14 heteroatoms. The van der Waals surface area contributed by atoms with Crippen LogP contribution < -0.4 is 14.2 Å². The second kappa shape index (κ2) is 11.3. The van der Waals surface area contributed by atoms with Gasteiger partial charge in [-0.15, -0.1) is 26.3 Å². The average Bonchev–Trinajstić information content (AvgIpc) is 3.14. The molecule has 1 aliphatic heterocycles. The number of ether oxygens (including phenoxy) is 4. The maximum absolute atomic E-state index is 12.9. The molecule has 1 saturated heterocycles. The largest absolute Gasteiger partial charge is 0.460 e. The second-order valence-corrected chi connectivity index (χ2v) is 10.5. The highest BCUT2D eigenvalue weighted by atomic mass is 35.5. The molecule has 2 aromatic rings. The van der Waals surface area contributed by atoms with E-state index in [1.165, 1.54) is 22.5 Å². The maximum atomic E-state index is 12.9. The van der Waals surface area contributed by atoms with E-state index in [1.54, 1.807) is 0 Å². The van der Waals surface area contributed by atoms with Crippen LogP contribution in [0.1, 0.15) is 0 Å². The first-order chi connectivity index (χ1) is 15.3. The lowest BCUT2D eigenvalue weighted by Gasteiger charge is -2.31. The van der Waals surface area contributed by atoms with Crippen LogP contribution in [-0.4, -0.2) is 73.3 Å². The number of hydrogen-bond donors (Lipinski definition) is 0. The Bertz CT molecular complexity index is 1020. The van der Waals surface area contributed by atoms with Gasteiger partial charge < -0.3 is 18.9 Å². The minimum atomic E-state index is -3.77. The fourth-order valence-corrected chi connectivity index (χ4v) is 6.03. The summed E-state index contributed by atoms with van der Waals surface area (Å²) in [6, 6.07) is 1.27. The predicted octanol–water partition coefficient (Wildman–Crippen LogP) is 2.84. The summed E-state index contributed by atoms with van der Waals surface area (Å²) in [4.78, 5) is 12.1. The van der Waals surface area contributed by atoms with Crippen molar-refractivity contribution in [1.29, 1.82) is 0 Å². The normalized spacial score (nSPS) is 17.0. The van der Waals surface area contributed by atoms with Crippen molar-refractivity contribution in [1.82, 2.24) is 19.3 Å². The molecular formula is C18H20Cl2N4O6S2. The zero-order valence-electron chi connectivity index (χ0n) is 16.8. The highest BCUT2D eigenvalue weighted by Gasteiger charge is 2.33. The van der Waals surface area contributed by atoms with Gasteiger partial charge in [0.15, 0.2) is 0 Å². The van der Waals surface area contributed by atoms with E-state index in [-0.39, 0.29) is 71.1 Å². The number of halogens is 2. The lowest BCUT2D eigenvalue weighted by Crippen LogP contribution is -2.47. The van der Waals surface area contributed by atoms with E-state index in [2.05, 4.69) is 28.1 Å². The van der Waals surface area contributed by atoms with Crippen molar-refractivity contribution in [3.63, 3.8) is 0 Å². The van der Waals surface area contributed by atoms with E-state index in [9.17, 15) is 8.42 Å². The van der Waals surface area contributed by atoms with Crippen LogP contribution in [0.15, 0.2) is 35.6 Å². The lowest BCUT2D eigenvalue weighted by atomic mass is 10.3. The molecule has 10 nitrogen and oxygen atoms in total. The van der Waals surface area contributed by atoms with Crippen LogP contribution in [0.4, 0.5) is 0 Å². The Morgan fingerprint density at radius 1 is 1.12 bits per heavy atom. The maximum Gasteiger partial charge on any atom is 0.326 e. The van der Waals surface area contributed by atoms with Crippen LogP contribution in [0.2, 0.25) is 9.36 Å². The standard InChI is InChI=1S/C18H20Cl2N4O6S2/c1-3-6-28-16-21-17(29-7-4-2)23-18(22-16)30-11-12-10-24(5-8-27-12)32(25,26)14-9-13(19)15(20)31-14/h3-4,9,12H,1-2,5-8,10-11H2. The molecule has 2 aromatic heterocycles. The van der Waals surface area contributed by atoms with Gasteiger partial charge in [-0.3, -0.25) is 0 Å². The molecule has 32 heavy (non-hydrogen) atoms. The van der Waals surface area contributed by atoms with Crippen molar-refractivity contribution in [2.45, 2.75) is 10.3 Å². The third-order valence-corrected chi connectivity index (χ3v) is 8.13. The van der Waals surface area contributed by atoms with Crippen LogP contribution in [0.5, 0.6) is 18.0 Å². The summed E-state index contributed by atoms with van der Waals surface area (Å²) in [6.07, 6.45) is 2.51. The monoisotopic (exact) mass is 522 g/mol. The Morgan fingerprint density at radius 3 is 2.25 bits per heavy atom. The molecule has 0 N–H and O–H groups in total. The summed E-state index contributed by atoms with van der Waals surface area (Å²) in [5.41, 5.74) is 0. The Labute approximate surface area is 199 Å². The topological polar surface area (TPSA) is 113 Å². The number of morpholine rings is 1. The van der Waals surface area contributed by atoms with Gasteiger partial charge in [0.1, 0.15) is 34.5 Å². The summed E-state index contributed by atoms with van der Waals surface area (Å²) in [5, 5.41) is 0.196. The smallest absolute Gasteiger partial charge is 0.326 e. The van der Waals surface area contributed by atoms with Crippen molar-refractivity contribution in [3.05, 3.63) is 40.7 Å². The fraction of sp³-hybridized carbons (Fsp3) is 0.389. The van der Waals surface area contributed by atoms with Crippen molar-refractivity contribution in [2.24, 2.45) is 0 Å². The first-order valence-corrected chi connectivity index (χ1v) is 12.3. The fourth-order valence-electron chi connectivity index (χ4n) is 2.54. The molecule has 174 valence electrons. The number of aromatic nitrogens is 3. The van der Waals surface area contributed by atoms with Crippen molar-refractivity contribution in [3.8, 4) is 18.0 Å². The third kappa shape index (κ3) is 6.30. The Balaban J connectivity index is 1.67. The summed E-state index contributed by atoms with van der Waals surface area (Å²) < 4.78 is 49.3. The zero-order chi connectivity index (χ0) is 23.1. The molecular weight excluding hydrogens is 503 g/mol. The van der Waals surface area contributed by atoms with E-state index in [0.717, 1.165) is 11.3 Å². The zero-order valence-corrected chi connectivity index (χ0v) is 19.9. The molecule has 0 spiro atoms. The van der Waals surface area contributed by atoms with Crippen LogP contribution in [0, 0.1) is 0 Å². The van der Waals surface area contributed by atoms with Crippen LogP contribution in [0.3, 0.4) is 0 Å². The van der Waals surface area contributed by atoms with Crippen LogP contribution in [-0.2, 0) is 14.8 Å². The molecule has 1 fully saturated rings. The minimum Gasteiger partial charge on any atom is -0.460 e. The van der Waals surface area contributed by atoms with Gasteiger partial charge >= 0.3 is 18.0 Å². The first kappa shape index (κ1) is 24.7. The van der Waals surface area contributed by atoms with E-state index < -0.39 is 16.1 Å². The van der Waals surface area contributed by atoms with Gasteiger partial charge in [-0.25, -0.2) is 8.42 Å². The molecule has 1 aliphatic rings. The quantitative estimate of drug-likeness (QED) is 0.411. The Morgan fingerprint density at radius 2 is 1.72 bits per heavy atom. The van der Waals surface area contributed by atoms with E-state index in [1.807, 2.05) is 0 Å². The predicted molar refractivity (Wildman–Crippen MR) is 120 cm³/mol. The van der Waals surface area contributed by atoms with Gasteiger partial charge in [0.25, 0.3) is 10.0 Å². The van der Waals surface area contributed by atoms with Gasteiger partial charge in [0.05, 0.1) is 11.6 Å². The SMILES string of the molecule is C=CCOc1nc(OCC=C)nc(OCC2CN(S(=O)(=O)c3cc(Cl)c(Cl)s3)CCO2)n1. The molecule has 0 bridgehead atoms. The van der Waals surface area contributed by atoms with Gasteiger partial charge in [0, 0.05) is 13.1 Å². The summed E-state index contributed by atoms with van der Waals surface area (Å²) in [7, 11) is -3.77. The number of rotatable bonds is 11.